The summed E-state index contributed by atoms with van der Waals surface area (Å²) in [7, 11) is 0. The highest BCUT2D eigenvalue weighted by atomic mass is 16.3. The topological polar surface area (TPSA) is 52.1 Å². The van der Waals surface area contributed by atoms with Gasteiger partial charge < -0.3 is 8.83 Å². The normalized spacial score (nSPS) is 11.7. The van der Waals surface area contributed by atoms with E-state index in [-0.39, 0.29) is 0 Å². The van der Waals surface area contributed by atoms with Crippen LogP contribution in [0, 0.1) is 0 Å². The molecule has 0 saturated heterocycles. The van der Waals surface area contributed by atoms with E-state index in [0.717, 1.165) is 22.6 Å². The molecular formula is C34H20N2O2. The zero-order valence-corrected chi connectivity index (χ0v) is 20.3. The molecule has 2 aromatic heterocycles. The summed E-state index contributed by atoms with van der Waals surface area (Å²) in [4.78, 5) is 8.04. The summed E-state index contributed by atoms with van der Waals surface area (Å²) in [6, 6.07) is 35.0. The smallest absolute Gasteiger partial charge is 0.181 e. The molecule has 38 heavy (non-hydrogen) atoms. The highest BCUT2D eigenvalue weighted by Gasteiger charge is 2.13. The molecule has 4 heteroatoms. The summed E-state index contributed by atoms with van der Waals surface area (Å²) in [5.74, 6) is 1.55. The Labute approximate surface area is 218 Å². The Bertz CT molecular complexity index is 1820. The molecule has 0 aliphatic rings. The van der Waals surface area contributed by atoms with Gasteiger partial charge in [-0.3, -0.25) is 0 Å². The second-order valence-corrected chi connectivity index (χ2v) is 9.61. The van der Waals surface area contributed by atoms with Crippen LogP contribution in [0.2, 0.25) is 0 Å². The Morgan fingerprint density at radius 2 is 0.711 bits per heavy atom. The molecule has 0 saturated carbocycles. The van der Waals surface area contributed by atoms with Gasteiger partial charge in [0.15, 0.2) is 24.3 Å². The zero-order chi connectivity index (χ0) is 25.1. The van der Waals surface area contributed by atoms with Crippen molar-refractivity contribution in [2.45, 2.75) is 0 Å². The van der Waals surface area contributed by atoms with Crippen LogP contribution in [0.1, 0.15) is 0 Å². The standard InChI is InChI=1S/C34H20N2O2/c1-5-23(31-17-35-19-37-31)6-2-21(1)29-13-25-9-11-27-15-30(16-28-12-10-26(14-29)33(25)34(27)28)22-3-7-24(8-4-22)32-18-36-20-38-32/h1-20H. The lowest BCUT2D eigenvalue weighted by molar-refractivity contribution is 0.571. The van der Waals surface area contributed by atoms with Gasteiger partial charge in [-0.15, -0.1) is 0 Å². The van der Waals surface area contributed by atoms with Crippen molar-refractivity contribution in [1.29, 1.82) is 0 Å². The van der Waals surface area contributed by atoms with Gasteiger partial charge in [-0.05, 0) is 78.8 Å². The van der Waals surface area contributed by atoms with Crippen molar-refractivity contribution in [2.24, 2.45) is 0 Å². The minimum Gasteiger partial charge on any atom is -0.444 e. The second kappa shape index (κ2) is 8.15. The van der Waals surface area contributed by atoms with E-state index in [1.54, 1.807) is 12.4 Å². The SMILES string of the molecule is c1ncc(-c2ccc(-c3cc4ccc5cc(-c6ccc(-c7cnco7)cc6)cc6ccc(c3)c4c56)cc2)o1. The maximum absolute atomic E-state index is 5.44. The van der Waals surface area contributed by atoms with Crippen molar-refractivity contribution in [3.63, 3.8) is 0 Å². The molecule has 4 nitrogen and oxygen atoms in total. The predicted octanol–water partition coefficient (Wildman–Crippen LogP) is 9.23. The molecule has 0 radical (unpaired) electrons. The fraction of sp³-hybridized carbons (Fsp3) is 0. The Kier molecular flexibility index (Phi) is 4.49. The van der Waals surface area contributed by atoms with E-state index >= 15 is 0 Å². The maximum atomic E-state index is 5.44. The maximum Gasteiger partial charge on any atom is 0.181 e. The van der Waals surface area contributed by atoms with Gasteiger partial charge in [0, 0.05) is 11.1 Å². The predicted molar refractivity (Wildman–Crippen MR) is 152 cm³/mol. The van der Waals surface area contributed by atoms with Gasteiger partial charge >= 0.3 is 0 Å². The molecule has 0 fully saturated rings. The molecule has 0 N–H and O–H groups in total. The first-order valence-corrected chi connectivity index (χ1v) is 12.5. The number of rotatable bonds is 4. The average Bonchev–Trinajstić information content (AvgIpc) is 3.71. The van der Waals surface area contributed by atoms with Crippen molar-refractivity contribution < 1.29 is 8.83 Å². The first kappa shape index (κ1) is 20.9. The Morgan fingerprint density at radius 1 is 0.368 bits per heavy atom. The molecule has 8 rings (SSSR count). The van der Waals surface area contributed by atoms with Gasteiger partial charge in [0.2, 0.25) is 0 Å². The van der Waals surface area contributed by atoms with Gasteiger partial charge in [-0.1, -0.05) is 72.8 Å². The summed E-state index contributed by atoms with van der Waals surface area (Å²) >= 11 is 0. The minimum atomic E-state index is 0.775. The molecule has 0 aliphatic carbocycles. The van der Waals surface area contributed by atoms with Crippen LogP contribution in [0.25, 0.3) is 77.2 Å². The largest absolute Gasteiger partial charge is 0.444 e. The van der Waals surface area contributed by atoms with Crippen LogP contribution in [0.4, 0.5) is 0 Å². The van der Waals surface area contributed by atoms with E-state index in [2.05, 4.69) is 107 Å². The van der Waals surface area contributed by atoms with Gasteiger partial charge in [0.05, 0.1) is 12.4 Å². The van der Waals surface area contributed by atoms with Gasteiger partial charge in [-0.25, -0.2) is 9.97 Å². The molecule has 2 heterocycles. The van der Waals surface area contributed by atoms with Crippen LogP contribution in [-0.2, 0) is 0 Å². The molecule has 0 unspecified atom stereocenters. The number of aromatic nitrogens is 2. The fourth-order valence-corrected chi connectivity index (χ4v) is 5.54. The lowest BCUT2D eigenvalue weighted by Gasteiger charge is -2.15. The summed E-state index contributed by atoms with van der Waals surface area (Å²) in [5, 5.41) is 7.62. The van der Waals surface area contributed by atoms with Gasteiger partial charge in [-0.2, -0.15) is 0 Å². The highest BCUT2D eigenvalue weighted by molar-refractivity contribution is 6.24. The van der Waals surface area contributed by atoms with Crippen molar-refractivity contribution in [1.82, 2.24) is 9.97 Å². The van der Waals surface area contributed by atoms with E-state index < -0.39 is 0 Å². The molecule has 0 bridgehead atoms. The van der Waals surface area contributed by atoms with E-state index in [4.69, 9.17) is 8.83 Å². The second-order valence-electron chi connectivity index (χ2n) is 9.61. The third-order valence-corrected chi connectivity index (χ3v) is 7.40. The molecule has 0 aliphatic heterocycles. The van der Waals surface area contributed by atoms with Crippen LogP contribution in [0.5, 0.6) is 0 Å². The molecule has 8 aromatic rings. The summed E-state index contributed by atoms with van der Waals surface area (Å²) in [5.41, 5.74) is 6.80. The van der Waals surface area contributed by atoms with E-state index in [1.807, 2.05) is 0 Å². The van der Waals surface area contributed by atoms with Crippen molar-refractivity contribution in [3.8, 4) is 44.9 Å². The third-order valence-electron chi connectivity index (χ3n) is 7.40. The van der Waals surface area contributed by atoms with Crippen LogP contribution < -0.4 is 0 Å². The molecule has 0 spiro atoms. The van der Waals surface area contributed by atoms with Gasteiger partial charge in [0.1, 0.15) is 0 Å². The molecule has 6 aromatic carbocycles. The van der Waals surface area contributed by atoms with Crippen LogP contribution in [0.3, 0.4) is 0 Å². The Morgan fingerprint density at radius 3 is 1.03 bits per heavy atom. The zero-order valence-electron chi connectivity index (χ0n) is 20.3. The van der Waals surface area contributed by atoms with Crippen molar-refractivity contribution >= 4 is 32.3 Å². The minimum absolute atomic E-state index is 0.775. The lowest BCUT2D eigenvalue weighted by Crippen LogP contribution is -1.88. The average molecular weight is 489 g/mol. The first-order chi connectivity index (χ1) is 18.8. The van der Waals surface area contributed by atoms with Crippen LogP contribution >= 0.6 is 0 Å². The molecular weight excluding hydrogens is 468 g/mol. The number of benzene rings is 6. The monoisotopic (exact) mass is 488 g/mol. The summed E-state index contributed by atoms with van der Waals surface area (Å²) < 4.78 is 10.9. The molecule has 178 valence electrons. The number of hydrogen-bond acceptors (Lipinski definition) is 4. The number of nitrogens with zero attached hydrogens (tertiary/aromatic N) is 2. The van der Waals surface area contributed by atoms with E-state index in [1.165, 1.54) is 67.4 Å². The molecule has 0 atom stereocenters. The number of hydrogen-bond donors (Lipinski definition) is 0. The lowest BCUT2D eigenvalue weighted by atomic mass is 9.89. The highest BCUT2D eigenvalue weighted by Crippen LogP contribution is 2.40. The van der Waals surface area contributed by atoms with Gasteiger partial charge in [0.25, 0.3) is 0 Å². The van der Waals surface area contributed by atoms with Crippen molar-refractivity contribution in [3.05, 3.63) is 122 Å². The van der Waals surface area contributed by atoms with Crippen LogP contribution in [0.15, 0.2) is 131 Å². The van der Waals surface area contributed by atoms with Crippen molar-refractivity contribution in [2.75, 3.05) is 0 Å². The fourth-order valence-electron chi connectivity index (χ4n) is 5.54. The summed E-state index contributed by atoms with van der Waals surface area (Å²) in [6.07, 6.45) is 6.39. The van der Waals surface area contributed by atoms with E-state index in [9.17, 15) is 0 Å². The third kappa shape index (κ3) is 3.31. The van der Waals surface area contributed by atoms with E-state index in [0.29, 0.717) is 0 Å². The summed E-state index contributed by atoms with van der Waals surface area (Å²) in [6.45, 7) is 0. The quantitative estimate of drug-likeness (QED) is 0.232. The number of oxazole rings is 2. The Balaban J connectivity index is 1.21. The van der Waals surface area contributed by atoms with Crippen LogP contribution in [-0.4, -0.2) is 9.97 Å². The first-order valence-electron chi connectivity index (χ1n) is 12.5. The molecule has 0 amide bonds. The Hall–Kier alpha value is -5.22.